The lowest BCUT2D eigenvalue weighted by atomic mass is 10.2. The van der Waals surface area contributed by atoms with Crippen molar-refractivity contribution in [3.63, 3.8) is 0 Å². The SMILES string of the molecule is CC(C)CNC(=O)CN1CCN(CC(=O)NCC2COc3ccccc3O2)CC1. The highest BCUT2D eigenvalue weighted by Crippen LogP contribution is 2.30. The van der Waals surface area contributed by atoms with Crippen LogP contribution in [-0.4, -0.2) is 86.7 Å². The number of nitrogens with zero attached hydrogens (tertiary/aromatic N) is 2. The fraction of sp³-hybridized carbons (Fsp3) is 0.619. The molecule has 8 nitrogen and oxygen atoms in total. The van der Waals surface area contributed by atoms with E-state index in [1.807, 2.05) is 24.3 Å². The van der Waals surface area contributed by atoms with E-state index in [2.05, 4.69) is 34.3 Å². The molecule has 2 amide bonds. The third-order valence-corrected chi connectivity index (χ3v) is 5.00. The van der Waals surface area contributed by atoms with Crippen LogP contribution in [0, 0.1) is 5.92 Å². The second kappa shape index (κ2) is 10.5. The van der Waals surface area contributed by atoms with Crippen LogP contribution in [0.3, 0.4) is 0 Å². The van der Waals surface area contributed by atoms with Gasteiger partial charge < -0.3 is 20.1 Å². The molecule has 8 heteroatoms. The van der Waals surface area contributed by atoms with Crippen LogP contribution in [0.25, 0.3) is 0 Å². The molecule has 0 aliphatic carbocycles. The van der Waals surface area contributed by atoms with Gasteiger partial charge in [-0.05, 0) is 18.1 Å². The maximum Gasteiger partial charge on any atom is 0.234 e. The zero-order chi connectivity index (χ0) is 20.6. The molecule has 1 fully saturated rings. The third-order valence-electron chi connectivity index (χ3n) is 5.00. The summed E-state index contributed by atoms with van der Waals surface area (Å²) in [6.07, 6.45) is -0.185. The van der Waals surface area contributed by atoms with E-state index in [0.717, 1.165) is 31.9 Å². The minimum absolute atomic E-state index is 0.0180. The summed E-state index contributed by atoms with van der Waals surface area (Å²) in [4.78, 5) is 28.5. The van der Waals surface area contributed by atoms with Gasteiger partial charge in [-0.3, -0.25) is 19.4 Å². The lowest BCUT2D eigenvalue weighted by Crippen LogP contribution is -2.52. The molecule has 0 radical (unpaired) electrons. The first-order valence-corrected chi connectivity index (χ1v) is 10.4. The Kier molecular flexibility index (Phi) is 7.71. The molecule has 3 rings (SSSR count). The van der Waals surface area contributed by atoms with Crippen LogP contribution in [0.5, 0.6) is 11.5 Å². The number of carbonyl (C=O) groups excluding carboxylic acids is 2. The van der Waals surface area contributed by atoms with Gasteiger partial charge in [0.2, 0.25) is 11.8 Å². The summed E-state index contributed by atoms with van der Waals surface area (Å²) in [5.41, 5.74) is 0. The molecular formula is C21H32N4O4. The van der Waals surface area contributed by atoms with Crippen molar-refractivity contribution in [3.8, 4) is 11.5 Å². The van der Waals surface area contributed by atoms with Gasteiger partial charge in [0.05, 0.1) is 19.6 Å². The van der Waals surface area contributed by atoms with E-state index in [0.29, 0.717) is 44.5 Å². The highest BCUT2D eigenvalue weighted by Gasteiger charge is 2.23. The summed E-state index contributed by atoms with van der Waals surface area (Å²) in [6, 6.07) is 7.54. The number of ether oxygens (including phenoxy) is 2. The molecule has 0 saturated carbocycles. The van der Waals surface area contributed by atoms with Gasteiger partial charge in [0, 0.05) is 32.7 Å². The largest absolute Gasteiger partial charge is 0.486 e. The third kappa shape index (κ3) is 6.90. The van der Waals surface area contributed by atoms with E-state index in [-0.39, 0.29) is 17.9 Å². The standard InChI is InChI=1S/C21H32N4O4/c1-16(2)11-22-20(26)13-24-7-9-25(10-8-24)14-21(27)23-12-17-15-28-18-5-3-4-6-19(18)29-17/h3-6,16-17H,7-15H2,1-2H3,(H,22,26)(H,23,27). The summed E-state index contributed by atoms with van der Waals surface area (Å²) < 4.78 is 11.5. The first-order chi connectivity index (χ1) is 14.0. The summed E-state index contributed by atoms with van der Waals surface area (Å²) in [7, 11) is 0. The number of rotatable bonds is 8. The Labute approximate surface area is 172 Å². The van der Waals surface area contributed by atoms with Crippen molar-refractivity contribution in [2.75, 3.05) is 59.0 Å². The van der Waals surface area contributed by atoms with E-state index >= 15 is 0 Å². The van der Waals surface area contributed by atoms with Crippen LogP contribution in [0.15, 0.2) is 24.3 Å². The Morgan fingerprint density at radius 1 is 1.00 bits per heavy atom. The number of amides is 2. The number of carbonyl (C=O) groups is 2. The number of hydrogen-bond acceptors (Lipinski definition) is 6. The van der Waals surface area contributed by atoms with Gasteiger partial charge in [0.25, 0.3) is 0 Å². The van der Waals surface area contributed by atoms with E-state index in [9.17, 15) is 9.59 Å². The zero-order valence-electron chi connectivity index (χ0n) is 17.4. The second-order valence-electron chi connectivity index (χ2n) is 8.05. The maximum atomic E-state index is 12.3. The van der Waals surface area contributed by atoms with E-state index < -0.39 is 0 Å². The van der Waals surface area contributed by atoms with Gasteiger partial charge in [0.1, 0.15) is 12.7 Å². The maximum absolute atomic E-state index is 12.3. The van der Waals surface area contributed by atoms with Crippen LogP contribution < -0.4 is 20.1 Å². The summed E-state index contributed by atoms with van der Waals surface area (Å²) >= 11 is 0. The van der Waals surface area contributed by atoms with Gasteiger partial charge >= 0.3 is 0 Å². The van der Waals surface area contributed by atoms with Crippen LogP contribution in [0.1, 0.15) is 13.8 Å². The smallest absolute Gasteiger partial charge is 0.234 e. The van der Waals surface area contributed by atoms with Crippen molar-refractivity contribution < 1.29 is 19.1 Å². The molecule has 1 aromatic carbocycles. The molecule has 2 N–H and O–H groups in total. The number of para-hydroxylation sites is 2. The quantitative estimate of drug-likeness (QED) is 0.650. The van der Waals surface area contributed by atoms with Crippen molar-refractivity contribution in [1.29, 1.82) is 0 Å². The van der Waals surface area contributed by atoms with E-state index in [4.69, 9.17) is 9.47 Å². The highest BCUT2D eigenvalue weighted by atomic mass is 16.6. The molecular weight excluding hydrogens is 372 g/mol. The minimum atomic E-state index is -0.185. The normalized spacial score (nSPS) is 19.8. The molecule has 1 saturated heterocycles. The summed E-state index contributed by atoms with van der Waals surface area (Å²) in [5.74, 6) is 1.96. The number of hydrogen-bond donors (Lipinski definition) is 2. The van der Waals surface area contributed by atoms with Gasteiger partial charge in [-0.1, -0.05) is 26.0 Å². The molecule has 2 heterocycles. The fourth-order valence-corrected chi connectivity index (χ4v) is 3.33. The summed E-state index contributed by atoms with van der Waals surface area (Å²) in [6.45, 7) is 9.63. The minimum Gasteiger partial charge on any atom is -0.486 e. The predicted molar refractivity (Wildman–Crippen MR) is 110 cm³/mol. The highest BCUT2D eigenvalue weighted by molar-refractivity contribution is 5.78. The second-order valence-corrected chi connectivity index (χ2v) is 8.05. The van der Waals surface area contributed by atoms with Gasteiger partial charge in [0.15, 0.2) is 11.5 Å². The number of nitrogens with one attached hydrogen (secondary N) is 2. The lowest BCUT2D eigenvalue weighted by Gasteiger charge is -2.34. The Hall–Kier alpha value is -2.32. The van der Waals surface area contributed by atoms with Crippen molar-refractivity contribution in [1.82, 2.24) is 20.4 Å². The van der Waals surface area contributed by atoms with Crippen molar-refractivity contribution in [2.24, 2.45) is 5.92 Å². The van der Waals surface area contributed by atoms with Crippen LogP contribution in [0.2, 0.25) is 0 Å². The zero-order valence-corrected chi connectivity index (χ0v) is 17.4. The van der Waals surface area contributed by atoms with Crippen LogP contribution >= 0.6 is 0 Å². The Bertz CT molecular complexity index is 689. The molecule has 0 spiro atoms. The molecule has 29 heavy (non-hydrogen) atoms. The van der Waals surface area contributed by atoms with Crippen LogP contribution in [0.4, 0.5) is 0 Å². The summed E-state index contributed by atoms with van der Waals surface area (Å²) in [5, 5.41) is 5.88. The Balaban J connectivity index is 1.30. The molecule has 1 atom stereocenters. The fourth-order valence-electron chi connectivity index (χ4n) is 3.33. The number of fused-ring (bicyclic) bond motifs is 1. The lowest BCUT2D eigenvalue weighted by molar-refractivity contribution is -0.125. The number of piperazine rings is 1. The molecule has 1 aromatic rings. The molecule has 1 unspecified atom stereocenters. The average molecular weight is 405 g/mol. The van der Waals surface area contributed by atoms with E-state index in [1.165, 1.54) is 0 Å². The topological polar surface area (TPSA) is 83.1 Å². The molecule has 0 bridgehead atoms. The Morgan fingerprint density at radius 2 is 1.59 bits per heavy atom. The van der Waals surface area contributed by atoms with Crippen molar-refractivity contribution >= 4 is 11.8 Å². The first-order valence-electron chi connectivity index (χ1n) is 10.4. The Morgan fingerprint density at radius 3 is 2.21 bits per heavy atom. The van der Waals surface area contributed by atoms with E-state index in [1.54, 1.807) is 0 Å². The number of benzene rings is 1. The van der Waals surface area contributed by atoms with Gasteiger partial charge in [-0.15, -0.1) is 0 Å². The van der Waals surface area contributed by atoms with Gasteiger partial charge in [-0.25, -0.2) is 0 Å². The molecule has 2 aliphatic heterocycles. The van der Waals surface area contributed by atoms with Crippen molar-refractivity contribution in [2.45, 2.75) is 20.0 Å². The molecule has 160 valence electrons. The van der Waals surface area contributed by atoms with Crippen LogP contribution in [-0.2, 0) is 9.59 Å². The molecule has 2 aliphatic rings. The first kappa shape index (κ1) is 21.4. The monoisotopic (exact) mass is 404 g/mol. The van der Waals surface area contributed by atoms with Gasteiger partial charge in [-0.2, -0.15) is 0 Å². The molecule has 0 aromatic heterocycles. The average Bonchev–Trinajstić information content (AvgIpc) is 2.72. The predicted octanol–water partition coefficient (Wildman–Crippen LogP) is 0.332. The van der Waals surface area contributed by atoms with Crippen molar-refractivity contribution in [3.05, 3.63) is 24.3 Å².